The van der Waals surface area contributed by atoms with Crippen LogP contribution in [0.1, 0.15) is 13.3 Å². The van der Waals surface area contributed by atoms with Crippen molar-refractivity contribution in [3.8, 4) is 17.4 Å². The van der Waals surface area contributed by atoms with Gasteiger partial charge in [-0.1, -0.05) is 6.92 Å². The van der Waals surface area contributed by atoms with Gasteiger partial charge in [0.1, 0.15) is 11.5 Å². The molecule has 0 fully saturated rings. The van der Waals surface area contributed by atoms with Crippen LogP contribution in [0.2, 0.25) is 0 Å². The minimum Gasteiger partial charge on any atom is -0.497 e. The van der Waals surface area contributed by atoms with E-state index in [1.807, 2.05) is 6.92 Å². The first kappa shape index (κ1) is 14.0. The molecule has 1 aromatic heterocycles. The second-order valence-corrected chi connectivity index (χ2v) is 4.05. The highest BCUT2D eigenvalue weighted by Crippen LogP contribution is 2.24. The highest BCUT2D eigenvalue weighted by molar-refractivity contribution is 5.35. The average molecular weight is 277 g/mol. The van der Waals surface area contributed by atoms with Crippen LogP contribution in [-0.4, -0.2) is 23.6 Å². The van der Waals surface area contributed by atoms with Crippen LogP contribution in [0.5, 0.6) is 17.4 Å². The fraction of sp³-hybridized carbons (Fsp3) is 0.286. The van der Waals surface area contributed by atoms with E-state index in [0.717, 1.165) is 12.6 Å². The van der Waals surface area contributed by atoms with Gasteiger partial charge in [0.05, 0.1) is 13.3 Å². The Morgan fingerprint density at radius 1 is 1.20 bits per heavy atom. The summed E-state index contributed by atoms with van der Waals surface area (Å²) in [6.07, 6.45) is 2.01. The van der Waals surface area contributed by atoms with E-state index in [1.54, 1.807) is 31.4 Å². The van der Waals surface area contributed by atoms with Gasteiger partial charge in [-0.05, 0) is 30.7 Å². The van der Waals surface area contributed by atoms with Gasteiger partial charge >= 0.3 is 0 Å². The van der Waals surface area contributed by atoms with Crippen LogP contribution < -0.4 is 14.8 Å². The molecule has 0 spiro atoms. The highest BCUT2D eigenvalue weighted by atomic mass is 19.1. The van der Waals surface area contributed by atoms with E-state index in [-0.39, 0.29) is 5.88 Å². The number of nitrogens with one attached hydrogen (secondary N) is 1. The van der Waals surface area contributed by atoms with Gasteiger partial charge in [0.25, 0.3) is 5.88 Å². The lowest BCUT2D eigenvalue weighted by atomic mass is 10.3. The molecule has 6 heteroatoms. The van der Waals surface area contributed by atoms with E-state index >= 15 is 0 Å². The number of hydrogen-bond donors (Lipinski definition) is 1. The number of halogens is 1. The van der Waals surface area contributed by atoms with Crippen LogP contribution in [0.3, 0.4) is 0 Å². The lowest BCUT2D eigenvalue weighted by Crippen LogP contribution is -2.05. The van der Waals surface area contributed by atoms with E-state index in [2.05, 4.69) is 15.3 Å². The summed E-state index contributed by atoms with van der Waals surface area (Å²) in [7, 11) is 1.58. The molecule has 20 heavy (non-hydrogen) atoms. The normalized spacial score (nSPS) is 10.2. The predicted octanol–water partition coefficient (Wildman–Crippen LogP) is 3.24. The van der Waals surface area contributed by atoms with Crippen LogP contribution in [0.25, 0.3) is 0 Å². The Kier molecular flexibility index (Phi) is 4.70. The second-order valence-electron chi connectivity index (χ2n) is 4.05. The van der Waals surface area contributed by atoms with Crippen LogP contribution in [0, 0.1) is 5.82 Å². The minimum atomic E-state index is -0.608. The van der Waals surface area contributed by atoms with Gasteiger partial charge in [-0.15, -0.1) is 0 Å². The lowest BCUT2D eigenvalue weighted by molar-refractivity contribution is 0.407. The Balaban J connectivity index is 2.14. The molecule has 0 aliphatic heterocycles. The van der Waals surface area contributed by atoms with Crippen molar-refractivity contribution in [3.63, 3.8) is 0 Å². The maximum absolute atomic E-state index is 13.6. The van der Waals surface area contributed by atoms with Crippen LogP contribution in [0.15, 0.2) is 30.5 Å². The molecule has 0 saturated carbocycles. The van der Waals surface area contributed by atoms with E-state index in [1.165, 1.54) is 0 Å². The van der Waals surface area contributed by atoms with Crippen molar-refractivity contribution in [3.05, 3.63) is 36.3 Å². The largest absolute Gasteiger partial charge is 0.497 e. The van der Waals surface area contributed by atoms with Gasteiger partial charge in [-0.3, -0.25) is 0 Å². The zero-order chi connectivity index (χ0) is 14.4. The van der Waals surface area contributed by atoms with Crippen molar-refractivity contribution in [2.24, 2.45) is 0 Å². The molecule has 2 aromatic rings. The predicted molar refractivity (Wildman–Crippen MR) is 73.8 cm³/mol. The Morgan fingerprint density at radius 2 is 1.90 bits per heavy atom. The molecule has 2 rings (SSSR count). The number of hydrogen-bond acceptors (Lipinski definition) is 5. The highest BCUT2D eigenvalue weighted by Gasteiger charge is 2.09. The quantitative estimate of drug-likeness (QED) is 0.878. The number of nitrogens with zero attached hydrogens (tertiary/aromatic N) is 2. The summed E-state index contributed by atoms with van der Waals surface area (Å²) >= 11 is 0. The topological polar surface area (TPSA) is 56.3 Å². The molecule has 1 aromatic carbocycles. The Hall–Kier alpha value is -2.37. The third kappa shape index (κ3) is 3.57. The van der Waals surface area contributed by atoms with Gasteiger partial charge < -0.3 is 14.8 Å². The molecule has 0 amide bonds. The zero-order valence-electron chi connectivity index (χ0n) is 11.4. The Morgan fingerprint density at radius 3 is 2.55 bits per heavy atom. The third-order valence-corrected chi connectivity index (χ3v) is 2.52. The monoisotopic (exact) mass is 277 g/mol. The maximum Gasteiger partial charge on any atom is 0.260 e. The molecule has 0 saturated heterocycles. The molecular formula is C14H16FN3O2. The van der Waals surface area contributed by atoms with E-state index in [4.69, 9.17) is 9.47 Å². The summed E-state index contributed by atoms with van der Waals surface area (Å²) in [6, 6.07) is 6.81. The van der Waals surface area contributed by atoms with Gasteiger partial charge in [-0.25, -0.2) is 4.98 Å². The SMILES string of the molecule is CCCNc1ncc(F)c(Oc2ccc(OC)cc2)n1. The molecule has 0 bridgehead atoms. The van der Waals surface area contributed by atoms with E-state index in [0.29, 0.717) is 24.0 Å². The molecule has 0 unspecified atom stereocenters. The van der Waals surface area contributed by atoms with Crippen molar-refractivity contribution >= 4 is 5.95 Å². The zero-order valence-corrected chi connectivity index (χ0v) is 11.4. The number of methoxy groups -OCH3 is 1. The summed E-state index contributed by atoms with van der Waals surface area (Å²) in [6.45, 7) is 2.74. The van der Waals surface area contributed by atoms with Crippen molar-refractivity contribution < 1.29 is 13.9 Å². The molecule has 0 atom stereocenters. The first-order chi connectivity index (χ1) is 9.72. The minimum absolute atomic E-state index is 0.108. The standard InChI is InChI=1S/C14H16FN3O2/c1-3-8-16-14-17-9-12(15)13(18-14)20-11-6-4-10(19-2)5-7-11/h4-7,9H,3,8H2,1-2H3,(H,16,17,18). The van der Waals surface area contributed by atoms with E-state index in [9.17, 15) is 4.39 Å². The molecule has 5 nitrogen and oxygen atoms in total. The number of ether oxygens (including phenoxy) is 2. The molecule has 1 N–H and O–H groups in total. The fourth-order valence-electron chi connectivity index (χ4n) is 1.50. The molecule has 0 aliphatic carbocycles. The van der Waals surface area contributed by atoms with Gasteiger partial charge in [0.15, 0.2) is 0 Å². The van der Waals surface area contributed by atoms with Gasteiger partial charge in [0, 0.05) is 6.54 Å². The number of rotatable bonds is 6. The first-order valence-corrected chi connectivity index (χ1v) is 6.31. The Labute approximate surface area is 116 Å². The van der Waals surface area contributed by atoms with Crippen LogP contribution in [-0.2, 0) is 0 Å². The van der Waals surface area contributed by atoms with Crippen LogP contribution in [0.4, 0.5) is 10.3 Å². The lowest BCUT2D eigenvalue weighted by Gasteiger charge is -2.08. The Bertz CT molecular complexity index is 561. The maximum atomic E-state index is 13.6. The third-order valence-electron chi connectivity index (χ3n) is 2.52. The van der Waals surface area contributed by atoms with Crippen LogP contribution >= 0.6 is 0 Å². The number of aromatic nitrogens is 2. The summed E-state index contributed by atoms with van der Waals surface area (Å²) in [4.78, 5) is 7.85. The van der Waals surface area contributed by atoms with Gasteiger partial charge in [0.2, 0.25) is 11.8 Å². The van der Waals surface area contributed by atoms with Crippen molar-refractivity contribution in [2.75, 3.05) is 19.0 Å². The molecular weight excluding hydrogens is 261 g/mol. The van der Waals surface area contributed by atoms with Crippen molar-refractivity contribution in [1.29, 1.82) is 0 Å². The van der Waals surface area contributed by atoms with E-state index < -0.39 is 5.82 Å². The summed E-state index contributed by atoms with van der Waals surface area (Å²) in [5.41, 5.74) is 0. The number of benzene rings is 1. The summed E-state index contributed by atoms with van der Waals surface area (Å²) in [5.74, 6) is 0.805. The first-order valence-electron chi connectivity index (χ1n) is 6.31. The summed E-state index contributed by atoms with van der Waals surface area (Å²) in [5, 5.41) is 2.98. The molecule has 0 radical (unpaired) electrons. The van der Waals surface area contributed by atoms with Crippen molar-refractivity contribution in [1.82, 2.24) is 9.97 Å². The van der Waals surface area contributed by atoms with Gasteiger partial charge in [-0.2, -0.15) is 9.37 Å². The summed E-state index contributed by atoms with van der Waals surface area (Å²) < 4.78 is 24.1. The molecule has 1 heterocycles. The smallest absolute Gasteiger partial charge is 0.260 e. The second kappa shape index (κ2) is 6.70. The number of anilines is 1. The van der Waals surface area contributed by atoms with Crippen molar-refractivity contribution in [2.45, 2.75) is 13.3 Å². The molecule has 0 aliphatic rings. The average Bonchev–Trinajstić information content (AvgIpc) is 2.49. The fourth-order valence-corrected chi connectivity index (χ4v) is 1.50. The molecule has 106 valence electrons.